The molecule has 0 atom stereocenters. The molecule has 0 saturated carbocycles. The van der Waals surface area contributed by atoms with Crippen LogP contribution in [0.3, 0.4) is 0 Å². The highest BCUT2D eigenvalue weighted by Crippen LogP contribution is 2.18. The summed E-state index contributed by atoms with van der Waals surface area (Å²) >= 11 is 0. The molecular weight excluding hydrogens is 153 g/mol. The fourth-order valence-electron chi connectivity index (χ4n) is 0.752. The molecule has 0 unspecified atom stereocenters. The van der Waals surface area contributed by atoms with Crippen LogP contribution in [-0.2, 0) is 6.67 Å². The molecule has 0 nitrogen and oxygen atoms in total. The highest BCUT2D eigenvalue weighted by Gasteiger charge is 2.04. The predicted octanol–water partition coefficient (Wildman–Crippen LogP) is 3.09. The summed E-state index contributed by atoms with van der Waals surface area (Å²) in [5.74, 6) is 0. The molecule has 11 heavy (non-hydrogen) atoms. The van der Waals surface area contributed by atoms with Crippen molar-refractivity contribution in [2.75, 3.05) is 0 Å². The highest BCUT2D eigenvalue weighted by atomic mass is 19.3. The van der Waals surface area contributed by atoms with Crippen molar-refractivity contribution in [2.24, 2.45) is 0 Å². The molecule has 3 heteroatoms. The van der Waals surface area contributed by atoms with Gasteiger partial charge in [0.05, 0.1) is 0 Å². The zero-order valence-electron chi connectivity index (χ0n) is 5.73. The first kappa shape index (κ1) is 8.11. The van der Waals surface area contributed by atoms with E-state index in [-0.39, 0.29) is 5.56 Å². The molecule has 0 N–H and O–H groups in total. The van der Waals surface area contributed by atoms with Crippen molar-refractivity contribution >= 4 is 0 Å². The van der Waals surface area contributed by atoms with Crippen molar-refractivity contribution in [1.29, 1.82) is 0 Å². The Morgan fingerprint density at radius 3 is 2.00 bits per heavy atom. The molecule has 0 amide bonds. The van der Waals surface area contributed by atoms with Crippen molar-refractivity contribution in [3.8, 4) is 0 Å². The third-order valence-electron chi connectivity index (χ3n) is 1.39. The van der Waals surface area contributed by atoms with Crippen molar-refractivity contribution in [1.82, 2.24) is 0 Å². The van der Waals surface area contributed by atoms with Gasteiger partial charge in [-0.15, -0.1) is 0 Å². The number of alkyl halides is 3. The van der Waals surface area contributed by atoms with E-state index in [4.69, 9.17) is 0 Å². The van der Waals surface area contributed by atoms with Crippen molar-refractivity contribution in [3.05, 3.63) is 35.4 Å². The van der Waals surface area contributed by atoms with E-state index in [1.54, 1.807) is 0 Å². The molecule has 1 aromatic rings. The monoisotopic (exact) mass is 160 g/mol. The summed E-state index contributed by atoms with van der Waals surface area (Å²) in [6.07, 6.45) is -2.47. The fourth-order valence-corrected chi connectivity index (χ4v) is 0.752. The van der Waals surface area contributed by atoms with Crippen LogP contribution in [0.2, 0.25) is 0 Å². The smallest absolute Gasteiger partial charge is 0.246 e. The molecule has 0 saturated heterocycles. The lowest BCUT2D eigenvalue weighted by molar-refractivity contribution is 0.151. The van der Waals surface area contributed by atoms with Crippen LogP contribution in [0.15, 0.2) is 24.3 Å². The van der Waals surface area contributed by atoms with E-state index < -0.39 is 13.1 Å². The quantitative estimate of drug-likeness (QED) is 0.623. The van der Waals surface area contributed by atoms with Gasteiger partial charge in [-0.1, -0.05) is 24.3 Å². The van der Waals surface area contributed by atoms with Crippen molar-refractivity contribution < 1.29 is 13.2 Å². The molecule has 0 aromatic heterocycles. The minimum Gasteiger partial charge on any atom is -0.246 e. The zero-order valence-corrected chi connectivity index (χ0v) is 5.73. The van der Waals surface area contributed by atoms with Crippen LogP contribution in [-0.4, -0.2) is 0 Å². The van der Waals surface area contributed by atoms with Crippen LogP contribution in [0.4, 0.5) is 13.2 Å². The van der Waals surface area contributed by atoms with Crippen LogP contribution in [0, 0.1) is 0 Å². The second-order valence-electron chi connectivity index (χ2n) is 2.18. The Bertz CT molecular complexity index is 215. The molecule has 0 radical (unpaired) electrons. The molecule has 0 bridgehead atoms. The minimum absolute atomic E-state index is 0.0674. The third kappa shape index (κ3) is 1.97. The molecule has 0 aliphatic carbocycles. The Morgan fingerprint density at radius 2 is 1.64 bits per heavy atom. The van der Waals surface area contributed by atoms with Crippen LogP contribution >= 0.6 is 0 Å². The van der Waals surface area contributed by atoms with Gasteiger partial charge in [-0.05, 0) is 5.56 Å². The van der Waals surface area contributed by atoms with Gasteiger partial charge in [0, 0.05) is 5.56 Å². The number of hydrogen-bond acceptors (Lipinski definition) is 0. The first-order valence-electron chi connectivity index (χ1n) is 3.17. The lowest BCUT2D eigenvalue weighted by atomic mass is 10.1. The summed E-state index contributed by atoms with van der Waals surface area (Å²) in [6.45, 7) is -0.608. The van der Waals surface area contributed by atoms with Crippen LogP contribution < -0.4 is 0 Å². The van der Waals surface area contributed by atoms with E-state index in [1.165, 1.54) is 24.3 Å². The Labute approximate surface area is 62.7 Å². The third-order valence-corrected chi connectivity index (χ3v) is 1.39. The van der Waals surface area contributed by atoms with Gasteiger partial charge in [-0.25, -0.2) is 13.2 Å². The van der Waals surface area contributed by atoms with Gasteiger partial charge in [0.15, 0.2) is 0 Å². The number of benzene rings is 1. The van der Waals surface area contributed by atoms with Gasteiger partial charge >= 0.3 is 0 Å². The molecule has 0 aliphatic heterocycles. The van der Waals surface area contributed by atoms with Crippen molar-refractivity contribution in [2.45, 2.75) is 13.1 Å². The van der Waals surface area contributed by atoms with Crippen LogP contribution in [0.25, 0.3) is 0 Å². The van der Waals surface area contributed by atoms with E-state index in [9.17, 15) is 13.2 Å². The van der Waals surface area contributed by atoms with E-state index in [1.807, 2.05) is 0 Å². The predicted molar refractivity (Wildman–Crippen MR) is 36.2 cm³/mol. The average Bonchev–Trinajstić information content (AvgIpc) is 2.05. The average molecular weight is 160 g/mol. The topological polar surface area (TPSA) is 0 Å². The van der Waals surface area contributed by atoms with E-state index >= 15 is 0 Å². The summed E-state index contributed by atoms with van der Waals surface area (Å²) in [4.78, 5) is 0. The Morgan fingerprint density at radius 1 is 1.09 bits per heavy atom. The summed E-state index contributed by atoms with van der Waals surface area (Å²) in [5.41, 5.74) is 0.358. The first-order valence-corrected chi connectivity index (χ1v) is 3.17. The summed E-state index contributed by atoms with van der Waals surface area (Å²) < 4.78 is 35.7. The molecule has 1 rings (SSSR count). The SMILES string of the molecule is FCc1ccc(C(F)F)cc1. The fraction of sp³-hybridized carbons (Fsp3) is 0.250. The minimum atomic E-state index is -2.47. The van der Waals surface area contributed by atoms with Crippen molar-refractivity contribution in [3.63, 3.8) is 0 Å². The maximum atomic E-state index is 11.9. The summed E-state index contributed by atoms with van der Waals surface area (Å²) in [5, 5.41) is 0. The maximum Gasteiger partial charge on any atom is 0.263 e. The summed E-state index contributed by atoms with van der Waals surface area (Å²) in [6, 6.07) is 5.20. The van der Waals surface area contributed by atoms with Crippen LogP contribution in [0.1, 0.15) is 17.6 Å². The van der Waals surface area contributed by atoms with Gasteiger partial charge in [-0.2, -0.15) is 0 Å². The second-order valence-corrected chi connectivity index (χ2v) is 2.18. The Balaban J connectivity index is 2.83. The van der Waals surface area contributed by atoms with E-state index in [0.29, 0.717) is 5.56 Å². The normalized spacial score (nSPS) is 10.5. The molecular formula is C8H7F3. The summed E-state index contributed by atoms with van der Waals surface area (Å²) in [7, 11) is 0. The molecule has 0 aliphatic rings. The van der Waals surface area contributed by atoms with E-state index in [2.05, 4.69) is 0 Å². The van der Waals surface area contributed by atoms with Gasteiger partial charge < -0.3 is 0 Å². The zero-order chi connectivity index (χ0) is 8.27. The van der Waals surface area contributed by atoms with Gasteiger partial charge in [0.25, 0.3) is 6.43 Å². The van der Waals surface area contributed by atoms with Gasteiger partial charge in [0.2, 0.25) is 0 Å². The standard InChI is InChI=1S/C8H7F3/c9-5-6-1-3-7(4-2-6)8(10)11/h1-4,8H,5H2. The molecule has 1 aromatic carbocycles. The largest absolute Gasteiger partial charge is 0.263 e. The molecule has 0 spiro atoms. The molecule has 60 valence electrons. The lowest BCUT2D eigenvalue weighted by Crippen LogP contribution is -1.84. The molecule has 0 heterocycles. The highest BCUT2D eigenvalue weighted by molar-refractivity contribution is 5.22. The second kappa shape index (κ2) is 3.42. The van der Waals surface area contributed by atoms with E-state index in [0.717, 1.165) is 0 Å². The molecule has 0 fully saturated rings. The van der Waals surface area contributed by atoms with Crippen LogP contribution in [0.5, 0.6) is 0 Å². The number of rotatable bonds is 2. The van der Waals surface area contributed by atoms with Gasteiger partial charge in [0.1, 0.15) is 6.67 Å². The first-order chi connectivity index (χ1) is 5.24. The maximum absolute atomic E-state index is 11.9. The van der Waals surface area contributed by atoms with Gasteiger partial charge in [-0.3, -0.25) is 0 Å². The lowest BCUT2D eigenvalue weighted by Gasteiger charge is -1.98. The Kier molecular flexibility index (Phi) is 2.52. The number of halogens is 3. The Hall–Kier alpha value is -0.990. The number of hydrogen-bond donors (Lipinski definition) is 0.